The molecule has 0 fully saturated rings. The fourth-order valence-electron chi connectivity index (χ4n) is 7.15. The van der Waals surface area contributed by atoms with Gasteiger partial charge in [-0.15, -0.1) is 0 Å². The Bertz CT molecular complexity index is 2780. The maximum absolute atomic E-state index is 5.22. The van der Waals surface area contributed by atoms with E-state index in [1.807, 2.05) is 49.4 Å². The lowest BCUT2D eigenvalue weighted by atomic mass is 10.0. The summed E-state index contributed by atoms with van der Waals surface area (Å²) in [6.07, 6.45) is 7.93. The third kappa shape index (κ3) is 4.68. The van der Waals surface area contributed by atoms with Crippen LogP contribution in [0.1, 0.15) is 12.6 Å². The summed E-state index contributed by atoms with van der Waals surface area (Å²) in [5, 5.41) is 7.13. The van der Waals surface area contributed by atoms with Gasteiger partial charge in [0.05, 0.1) is 33.5 Å². The van der Waals surface area contributed by atoms with Crippen molar-refractivity contribution in [3.05, 3.63) is 176 Å². The molecular weight excluding hydrogens is 597 g/mol. The van der Waals surface area contributed by atoms with Gasteiger partial charge in [-0.25, -0.2) is 9.97 Å². The highest BCUT2D eigenvalue weighted by Gasteiger charge is 2.19. The molecule has 0 aliphatic carbocycles. The molecule has 9 aromatic rings. The summed E-state index contributed by atoms with van der Waals surface area (Å²) in [6, 6.07) is 49.5. The molecule has 4 heteroatoms. The molecule has 49 heavy (non-hydrogen) atoms. The molecule has 0 aliphatic rings. The SMILES string of the molecule is C=C/C(=C\C=C/C)c1cc(-c2ccccc2)nc(-n2c3ccccc3c3cc4cc5c(cc4cc32)c2ccccc2n5-c2ccccc2)n1. The zero-order chi connectivity index (χ0) is 32.9. The average Bonchev–Trinajstić information content (AvgIpc) is 3.65. The topological polar surface area (TPSA) is 35.6 Å². The second-order valence-electron chi connectivity index (χ2n) is 12.3. The largest absolute Gasteiger partial charge is 0.309 e. The Labute approximate surface area is 284 Å². The molecule has 0 aliphatic heterocycles. The minimum Gasteiger partial charge on any atom is -0.309 e. The summed E-state index contributed by atoms with van der Waals surface area (Å²) in [6.45, 7) is 6.12. The Morgan fingerprint density at radius 2 is 1.14 bits per heavy atom. The van der Waals surface area contributed by atoms with E-state index < -0.39 is 0 Å². The standard InChI is InChI=1S/C45H32N4/c1-3-5-16-30(4-2)39-29-40(31-17-8-6-9-18-31)47-45(46-39)49-42-24-15-13-22-36(42)38-26-32-27-43-37(25-33(32)28-44(38)49)35-21-12-14-23-41(35)48(43)34-19-10-7-11-20-34/h3-29H,2H2,1H3/b5-3-,30-16+. The second-order valence-corrected chi connectivity index (χ2v) is 12.3. The number of para-hydroxylation sites is 3. The van der Waals surface area contributed by atoms with E-state index in [0.717, 1.165) is 50.0 Å². The summed E-state index contributed by atoms with van der Waals surface area (Å²) in [5.74, 6) is 0.622. The van der Waals surface area contributed by atoms with E-state index in [2.05, 4.69) is 137 Å². The van der Waals surface area contributed by atoms with Crippen molar-refractivity contribution in [2.45, 2.75) is 6.92 Å². The van der Waals surface area contributed by atoms with E-state index in [1.165, 1.54) is 32.6 Å². The molecule has 0 radical (unpaired) electrons. The summed E-state index contributed by atoms with van der Waals surface area (Å²) in [4.78, 5) is 10.4. The van der Waals surface area contributed by atoms with Gasteiger partial charge in [0.15, 0.2) is 0 Å². The van der Waals surface area contributed by atoms with E-state index in [9.17, 15) is 0 Å². The first-order valence-corrected chi connectivity index (χ1v) is 16.6. The molecule has 9 rings (SSSR count). The van der Waals surface area contributed by atoms with Crippen LogP contribution in [0.3, 0.4) is 0 Å². The van der Waals surface area contributed by atoms with Gasteiger partial charge in [-0.05, 0) is 77.9 Å². The number of allylic oxidation sites excluding steroid dienone is 5. The lowest BCUT2D eigenvalue weighted by Crippen LogP contribution is -2.05. The van der Waals surface area contributed by atoms with Gasteiger partial charge in [-0.1, -0.05) is 116 Å². The van der Waals surface area contributed by atoms with Crippen molar-refractivity contribution in [2.24, 2.45) is 0 Å². The van der Waals surface area contributed by atoms with Crippen molar-refractivity contribution in [3.63, 3.8) is 0 Å². The van der Waals surface area contributed by atoms with Crippen molar-refractivity contribution in [3.8, 4) is 22.9 Å². The van der Waals surface area contributed by atoms with E-state index in [1.54, 1.807) is 0 Å². The summed E-state index contributed by atoms with van der Waals surface area (Å²) in [7, 11) is 0. The van der Waals surface area contributed by atoms with E-state index in [4.69, 9.17) is 9.97 Å². The zero-order valence-electron chi connectivity index (χ0n) is 27.1. The molecule has 0 spiro atoms. The van der Waals surface area contributed by atoms with E-state index in [-0.39, 0.29) is 0 Å². The van der Waals surface area contributed by atoms with E-state index >= 15 is 0 Å². The van der Waals surface area contributed by atoms with Gasteiger partial charge in [-0.2, -0.15) is 0 Å². The molecule has 0 saturated carbocycles. The Kier molecular flexibility index (Phi) is 6.80. The van der Waals surface area contributed by atoms with Crippen LogP contribution in [0, 0.1) is 0 Å². The number of hydrogen-bond donors (Lipinski definition) is 0. The maximum atomic E-state index is 5.22. The Morgan fingerprint density at radius 3 is 1.78 bits per heavy atom. The van der Waals surface area contributed by atoms with Crippen LogP contribution in [0.4, 0.5) is 0 Å². The predicted octanol–water partition coefficient (Wildman–Crippen LogP) is 11.6. The second kappa shape index (κ2) is 11.6. The minimum absolute atomic E-state index is 0.622. The first-order valence-electron chi connectivity index (χ1n) is 16.6. The van der Waals surface area contributed by atoms with Gasteiger partial charge in [-0.3, -0.25) is 4.57 Å². The Hall–Kier alpha value is -6.52. The minimum atomic E-state index is 0.622. The summed E-state index contributed by atoms with van der Waals surface area (Å²) in [5.41, 5.74) is 9.30. The molecular formula is C45H32N4. The number of fused-ring (bicyclic) bond motifs is 7. The highest BCUT2D eigenvalue weighted by molar-refractivity contribution is 6.18. The monoisotopic (exact) mass is 628 g/mol. The van der Waals surface area contributed by atoms with Crippen LogP contribution in [0.25, 0.3) is 82.9 Å². The van der Waals surface area contributed by atoms with Crippen LogP contribution in [0.15, 0.2) is 170 Å². The average molecular weight is 629 g/mol. The van der Waals surface area contributed by atoms with Crippen molar-refractivity contribution < 1.29 is 0 Å². The first kappa shape index (κ1) is 28.7. The number of aromatic nitrogens is 4. The molecule has 4 nitrogen and oxygen atoms in total. The van der Waals surface area contributed by atoms with Crippen LogP contribution in [0.5, 0.6) is 0 Å². The summed E-state index contributed by atoms with van der Waals surface area (Å²) >= 11 is 0. The normalized spacial score (nSPS) is 12.3. The summed E-state index contributed by atoms with van der Waals surface area (Å²) < 4.78 is 4.59. The molecule has 0 N–H and O–H groups in total. The van der Waals surface area contributed by atoms with Gasteiger partial charge in [0.2, 0.25) is 5.95 Å². The molecule has 232 valence electrons. The molecule has 3 aromatic heterocycles. The third-order valence-electron chi connectivity index (χ3n) is 9.40. The lowest BCUT2D eigenvalue weighted by Gasteiger charge is -2.12. The number of nitrogens with zero attached hydrogens (tertiary/aromatic N) is 4. The maximum Gasteiger partial charge on any atom is 0.235 e. The highest BCUT2D eigenvalue weighted by atomic mass is 15.2. The van der Waals surface area contributed by atoms with Crippen LogP contribution in [-0.4, -0.2) is 19.1 Å². The van der Waals surface area contributed by atoms with Crippen LogP contribution in [-0.2, 0) is 0 Å². The van der Waals surface area contributed by atoms with E-state index in [0.29, 0.717) is 5.95 Å². The zero-order valence-corrected chi connectivity index (χ0v) is 27.1. The van der Waals surface area contributed by atoms with Gasteiger partial charge in [0, 0.05) is 32.8 Å². The third-order valence-corrected chi connectivity index (χ3v) is 9.40. The number of benzene rings is 6. The number of rotatable bonds is 6. The molecule has 0 amide bonds. The first-order chi connectivity index (χ1) is 24.2. The lowest BCUT2D eigenvalue weighted by molar-refractivity contribution is 0.984. The Balaban J connectivity index is 1.36. The van der Waals surface area contributed by atoms with Gasteiger partial charge >= 0.3 is 0 Å². The predicted molar refractivity (Wildman–Crippen MR) is 207 cm³/mol. The molecule has 0 unspecified atom stereocenters. The van der Waals surface area contributed by atoms with Gasteiger partial charge in [0.1, 0.15) is 0 Å². The van der Waals surface area contributed by atoms with Crippen molar-refractivity contribution in [1.82, 2.24) is 19.1 Å². The van der Waals surface area contributed by atoms with Crippen LogP contribution >= 0.6 is 0 Å². The van der Waals surface area contributed by atoms with Crippen molar-refractivity contribution in [1.29, 1.82) is 0 Å². The fraction of sp³-hybridized carbons (Fsp3) is 0.0222. The molecule has 0 saturated heterocycles. The van der Waals surface area contributed by atoms with Crippen molar-refractivity contribution >= 4 is 60.0 Å². The van der Waals surface area contributed by atoms with Crippen molar-refractivity contribution in [2.75, 3.05) is 0 Å². The van der Waals surface area contributed by atoms with Crippen LogP contribution in [0.2, 0.25) is 0 Å². The Morgan fingerprint density at radius 1 is 0.571 bits per heavy atom. The molecule has 3 heterocycles. The van der Waals surface area contributed by atoms with Crippen LogP contribution < -0.4 is 0 Å². The molecule has 0 bridgehead atoms. The quantitative estimate of drug-likeness (QED) is 0.172. The smallest absolute Gasteiger partial charge is 0.235 e. The molecule has 6 aromatic carbocycles. The van der Waals surface area contributed by atoms with Gasteiger partial charge < -0.3 is 4.57 Å². The highest BCUT2D eigenvalue weighted by Crippen LogP contribution is 2.39. The fourth-order valence-corrected chi connectivity index (χ4v) is 7.15. The number of hydrogen-bond acceptors (Lipinski definition) is 2. The molecule has 0 atom stereocenters. The van der Waals surface area contributed by atoms with Gasteiger partial charge in [0.25, 0.3) is 0 Å².